The van der Waals surface area contributed by atoms with Crippen LogP contribution in [0.2, 0.25) is 0 Å². The van der Waals surface area contributed by atoms with Crippen molar-refractivity contribution in [2.24, 2.45) is 5.41 Å². The van der Waals surface area contributed by atoms with Gasteiger partial charge in [-0.1, -0.05) is 20.8 Å². The molecular weight excluding hydrogens is 220 g/mol. The third-order valence-electron chi connectivity index (χ3n) is 4.06. The van der Waals surface area contributed by atoms with Crippen molar-refractivity contribution in [1.29, 1.82) is 0 Å². The number of carboxylic acid groups (broad SMARTS) is 1. The molecule has 5 heteroatoms. The zero-order valence-electron chi connectivity index (χ0n) is 10.8. The quantitative estimate of drug-likeness (QED) is 0.638. The molecule has 0 bridgehead atoms. The van der Waals surface area contributed by atoms with Gasteiger partial charge in [-0.3, -0.25) is 0 Å². The first-order valence-corrected chi connectivity index (χ1v) is 6.20. The van der Waals surface area contributed by atoms with Crippen molar-refractivity contribution in [3.8, 4) is 0 Å². The largest absolute Gasteiger partial charge is 0.530 e. The minimum atomic E-state index is -1.10. The number of carbonyl (C=O) groups excluding carboxylic acids is 1. The van der Waals surface area contributed by atoms with E-state index < -0.39 is 11.7 Å². The maximum absolute atomic E-state index is 11.0. The molecular formula is C12H21N2O3-. The lowest BCUT2D eigenvalue weighted by molar-refractivity contribution is -0.276. The number of nitrogens with one attached hydrogen (secondary N) is 1. The maximum atomic E-state index is 11.0. The lowest BCUT2D eigenvalue weighted by atomic mass is 9.68. The Balaban J connectivity index is 2.28. The molecule has 1 N–H and O–H groups in total. The van der Waals surface area contributed by atoms with Gasteiger partial charge in [-0.05, 0) is 11.8 Å². The smallest absolute Gasteiger partial charge is 0.137 e. The lowest BCUT2D eigenvalue weighted by Crippen LogP contribution is -2.72. The number of carbonyl (C=O) groups is 1. The summed E-state index contributed by atoms with van der Waals surface area (Å²) in [5.41, 5.74) is -0.553. The Kier molecular flexibility index (Phi) is 3.08. The van der Waals surface area contributed by atoms with Gasteiger partial charge in [0.1, 0.15) is 11.7 Å². The molecule has 1 amide bonds. The monoisotopic (exact) mass is 241 g/mol. The summed E-state index contributed by atoms with van der Waals surface area (Å²) >= 11 is 0. The van der Waals surface area contributed by atoms with Gasteiger partial charge in [0, 0.05) is 19.1 Å². The number of hydrogen-bond acceptors (Lipinski definition) is 4. The van der Waals surface area contributed by atoms with E-state index in [1.165, 1.54) is 4.90 Å². The summed E-state index contributed by atoms with van der Waals surface area (Å²) in [4.78, 5) is 12.4. The van der Waals surface area contributed by atoms with Crippen LogP contribution in [-0.4, -0.2) is 48.9 Å². The highest BCUT2D eigenvalue weighted by Gasteiger charge is 2.53. The predicted molar refractivity (Wildman–Crippen MR) is 61.5 cm³/mol. The van der Waals surface area contributed by atoms with E-state index in [0.29, 0.717) is 19.7 Å². The number of rotatable bonds is 0. The van der Waals surface area contributed by atoms with E-state index in [1.54, 1.807) is 0 Å². The molecule has 0 aromatic carbocycles. The van der Waals surface area contributed by atoms with Crippen LogP contribution in [0.5, 0.6) is 0 Å². The first-order chi connectivity index (χ1) is 7.87. The van der Waals surface area contributed by atoms with E-state index >= 15 is 0 Å². The number of piperidine rings is 1. The van der Waals surface area contributed by atoms with Gasteiger partial charge in [0.2, 0.25) is 0 Å². The summed E-state index contributed by atoms with van der Waals surface area (Å²) in [6.45, 7) is 8.71. The number of ether oxygens (including phenoxy) is 1. The molecule has 2 fully saturated rings. The van der Waals surface area contributed by atoms with Gasteiger partial charge < -0.3 is 24.9 Å². The average molecular weight is 241 g/mol. The SMILES string of the molecule is CC(C)(C)C12CN(C(=O)[O-])CCC1NCCO2. The molecule has 17 heavy (non-hydrogen) atoms. The van der Waals surface area contributed by atoms with Crippen molar-refractivity contribution >= 4 is 6.09 Å². The summed E-state index contributed by atoms with van der Waals surface area (Å²) in [6, 6.07) is 0.229. The molecule has 2 atom stereocenters. The molecule has 0 aromatic rings. The summed E-state index contributed by atoms with van der Waals surface area (Å²) in [5, 5.41) is 14.5. The minimum Gasteiger partial charge on any atom is -0.530 e. The van der Waals surface area contributed by atoms with Gasteiger partial charge in [0.15, 0.2) is 0 Å². The van der Waals surface area contributed by atoms with Crippen LogP contribution < -0.4 is 10.4 Å². The first-order valence-electron chi connectivity index (χ1n) is 6.20. The second-order valence-electron chi connectivity index (χ2n) is 5.97. The maximum Gasteiger partial charge on any atom is 0.137 e. The van der Waals surface area contributed by atoms with Crippen molar-refractivity contribution in [3.63, 3.8) is 0 Å². The number of morpholine rings is 1. The van der Waals surface area contributed by atoms with Crippen LogP contribution in [0.1, 0.15) is 27.2 Å². The minimum absolute atomic E-state index is 0.112. The Morgan fingerprint density at radius 2 is 2.24 bits per heavy atom. The Hall–Kier alpha value is -0.810. The van der Waals surface area contributed by atoms with E-state index in [0.717, 1.165) is 13.0 Å². The van der Waals surface area contributed by atoms with E-state index in [2.05, 4.69) is 26.1 Å². The Labute approximate surface area is 102 Å². The van der Waals surface area contributed by atoms with Crippen molar-refractivity contribution in [2.45, 2.75) is 38.8 Å². The molecule has 0 aromatic heterocycles. The highest BCUT2D eigenvalue weighted by atomic mass is 16.5. The topological polar surface area (TPSA) is 64.6 Å². The van der Waals surface area contributed by atoms with Crippen LogP contribution in [0.3, 0.4) is 0 Å². The first kappa shape index (κ1) is 12.6. The van der Waals surface area contributed by atoms with Crippen molar-refractivity contribution < 1.29 is 14.6 Å². The van der Waals surface area contributed by atoms with Crippen LogP contribution in [0.25, 0.3) is 0 Å². The van der Waals surface area contributed by atoms with Gasteiger partial charge in [-0.15, -0.1) is 0 Å². The number of likely N-dealkylation sites (tertiary alicyclic amines) is 1. The molecule has 5 nitrogen and oxygen atoms in total. The van der Waals surface area contributed by atoms with E-state index in [-0.39, 0.29) is 11.5 Å². The highest BCUT2D eigenvalue weighted by Crippen LogP contribution is 2.42. The van der Waals surface area contributed by atoms with Crippen LogP contribution in [-0.2, 0) is 4.74 Å². The molecule has 2 aliphatic rings. The number of amides is 1. The van der Waals surface area contributed by atoms with Crippen LogP contribution >= 0.6 is 0 Å². The third-order valence-corrected chi connectivity index (χ3v) is 4.06. The van der Waals surface area contributed by atoms with E-state index in [1.807, 2.05) is 0 Å². The van der Waals surface area contributed by atoms with Gasteiger partial charge in [-0.2, -0.15) is 0 Å². The van der Waals surface area contributed by atoms with Gasteiger partial charge >= 0.3 is 0 Å². The highest BCUT2D eigenvalue weighted by molar-refractivity contribution is 5.63. The number of fused-ring (bicyclic) bond motifs is 1. The molecule has 2 rings (SSSR count). The molecule has 0 spiro atoms. The summed E-state index contributed by atoms with van der Waals surface area (Å²) in [6.07, 6.45) is -0.313. The fraction of sp³-hybridized carbons (Fsp3) is 0.917. The van der Waals surface area contributed by atoms with E-state index in [9.17, 15) is 9.90 Å². The zero-order valence-corrected chi connectivity index (χ0v) is 10.8. The summed E-state index contributed by atoms with van der Waals surface area (Å²) in [7, 11) is 0. The Morgan fingerprint density at radius 3 is 2.82 bits per heavy atom. The molecule has 0 aliphatic carbocycles. The lowest BCUT2D eigenvalue weighted by Gasteiger charge is -2.57. The standard InChI is InChI=1S/C12H22N2O3/c1-11(2,3)12-8-14(10(15)16)6-4-9(12)13-5-7-17-12/h9,13H,4-8H2,1-3H3,(H,15,16)/p-1. The normalized spacial score (nSPS) is 34.3. The van der Waals surface area contributed by atoms with Gasteiger partial charge in [0.25, 0.3) is 0 Å². The third kappa shape index (κ3) is 2.02. The summed E-state index contributed by atoms with van der Waals surface area (Å²) in [5.74, 6) is 0. The molecule has 98 valence electrons. The van der Waals surface area contributed by atoms with Crippen molar-refractivity contribution in [2.75, 3.05) is 26.2 Å². The van der Waals surface area contributed by atoms with Crippen molar-refractivity contribution in [1.82, 2.24) is 10.2 Å². The van der Waals surface area contributed by atoms with Crippen LogP contribution in [0.4, 0.5) is 4.79 Å². The Bertz CT molecular complexity index is 313. The molecule has 2 heterocycles. The second kappa shape index (κ2) is 4.14. The average Bonchev–Trinajstić information content (AvgIpc) is 2.26. The van der Waals surface area contributed by atoms with Gasteiger partial charge in [0.05, 0.1) is 13.2 Å². The number of hydrogen-bond donors (Lipinski definition) is 1. The molecule has 2 saturated heterocycles. The molecule has 2 unspecified atom stereocenters. The molecule has 0 saturated carbocycles. The predicted octanol–water partition coefficient (Wildman–Crippen LogP) is -0.191. The number of nitrogens with zero attached hydrogens (tertiary/aromatic N) is 1. The van der Waals surface area contributed by atoms with Crippen LogP contribution in [0, 0.1) is 5.41 Å². The molecule has 2 aliphatic heterocycles. The second-order valence-corrected chi connectivity index (χ2v) is 5.97. The fourth-order valence-corrected chi connectivity index (χ4v) is 3.00. The van der Waals surface area contributed by atoms with Gasteiger partial charge in [-0.25, -0.2) is 0 Å². The molecule has 0 radical (unpaired) electrons. The van der Waals surface area contributed by atoms with E-state index in [4.69, 9.17) is 4.74 Å². The summed E-state index contributed by atoms with van der Waals surface area (Å²) < 4.78 is 6.02. The Morgan fingerprint density at radius 1 is 1.53 bits per heavy atom. The van der Waals surface area contributed by atoms with Crippen LogP contribution in [0.15, 0.2) is 0 Å². The fourth-order valence-electron chi connectivity index (χ4n) is 3.00. The van der Waals surface area contributed by atoms with Crippen molar-refractivity contribution in [3.05, 3.63) is 0 Å². The zero-order chi connectivity index (χ0) is 12.7.